The summed E-state index contributed by atoms with van der Waals surface area (Å²) in [6.07, 6.45) is 16.4. The van der Waals surface area contributed by atoms with Gasteiger partial charge in [-0.05, 0) is 74.3 Å². The minimum atomic E-state index is -0.781. The van der Waals surface area contributed by atoms with Crippen LogP contribution in [0.3, 0.4) is 0 Å². The molecule has 2 fully saturated rings. The molecule has 3 rings (SSSR count). The third-order valence-electron chi connectivity index (χ3n) is 8.02. The van der Waals surface area contributed by atoms with E-state index in [0.717, 1.165) is 36.8 Å². The zero-order valence-electron chi connectivity index (χ0n) is 22.9. The molecule has 1 N–H and O–H groups in total. The third-order valence-corrected chi connectivity index (χ3v) is 8.02. The van der Waals surface area contributed by atoms with Crippen molar-refractivity contribution >= 4 is 11.9 Å². The summed E-state index contributed by atoms with van der Waals surface area (Å²) in [6, 6.07) is 0. The van der Waals surface area contributed by atoms with Crippen LogP contribution in [-0.4, -0.2) is 34.9 Å². The number of allylic oxidation sites excluding steroid dienone is 6. The van der Waals surface area contributed by atoms with E-state index in [4.69, 9.17) is 9.47 Å². The Morgan fingerprint density at radius 3 is 2.58 bits per heavy atom. The van der Waals surface area contributed by atoms with Gasteiger partial charge in [0.15, 0.2) is 0 Å². The van der Waals surface area contributed by atoms with Crippen molar-refractivity contribution in [2.45, 2.75) is 104 Å². The molecule has 0 aliphatic heterocycles. The van der Waals surface area contributed by atoms with Crippen molar-refractivity contribution in [2.24, 2.45) is 17.3 Å². The second-order valence-electron chi connectivity index (χ2n) is 11.6. The molecule has 5 nitrogen and oxygen atoms in total. The van der Waals surface area contributed by atoms with Gasteiger partial charge in [-0.25, -0.2) is 0 Å². The molecule has 0 aromatic rings. The van der Waals surface area contributed by atoms with Gasteiger partial charge >= 0.3 is 11.9 Å². The molecule has 198 valence electrons. The van der Waals surface area contributed by atoms with Crippen LogP contribution in [-0.2, 0) is 19.1 Å². The second-order valence-corrected chi connectivity index (χ2v) is 11.6. The summed E-state index contributed by atoms with van der Waals surface area (Å²) < 4.78 is 11.0. The Hall–Kier alpha value is -2.40. The first-order valence-corrected chi connectivity index (χ1v) is 13.3. The summed E-state index contributed by atoms with van der Waals surface area (Å²) in [5.74, 6) is 0.222. The number of carbonyl (C=O) groups excluding carboxylic acids is 2. The highest BCUT2D eigenvalue weighted by Gasteiger charge is 2.45. The van der Waals surface area contributed by atoms with Crippen molar-refractivity contribution in [3.63, 3.8) is 0 Å². The van der Waals surface area contributed by atoms with Crippen LogP contribution >= 0.6 is 0 Å². The van der Waals surface area contributed by atoms with E-state index in [1.165, 1.54) is 31.4 Å². The molecule has 5 atom stereocenters. The first kappa shape index (κ1) is 28.2. The number of fused-ring (bicyclic) bond motifs is 1. The average Bonchev–Trinajstić information content (AvgIpc) is 3.10. The van der Waals surface area contributed by atoms with Crippen LogP contribution in [0.4, 0.5) is 0 Å². The molecule has 3 aliphatic carbocycles. The predicted molar refractivity (Wildman–Crippen MR) is 143 cm³/mol. The normalized spacial score (nSPS) is 31.9. The third kappa shape index (κ3) is 6.88. The van der Waals surface area contributed by atoms with Crippen LogP contribution in [0.5, 0.6) is 0 Å². The number of carbonyl (C=O) groups is 2. The van der Waals surface area contributed by atoms with Crippen LogP contribution < -0.4 is 0 Å². The number of aliphatic hydroxyl groups is 1. The molecule has 3 aliphatic rings. The molecular weight excluding hydrogens is 452 g/mol. The van der Waals surface area contributed by atoms with E-state index >= 15 is 0 Å². The maximum absolute atomic E-state index is 11.6. The van der Waals surface area contributed by atoms with Gasteiger partial charge in [0, 0.05) is 26.7 Å². The van der Waals surface area contributed by atoms with E-state index in [1.807, 2.05) is 6.08 Å². The number of rotatable bonds is 7. The molecule has 0 spiro atoms. The van der Waals surface area contributed by atoms with Gasteiger partial charge in [0.05, 0.1) is 5.60 Å². The zero-order valence-corrected chi connectivity index (χ0v) is 22.9. The summed E-state index contributed by atoms with van der Waals surface area (Å²) in [5.41, 5.74) is 4.13. The molecule has 36 heavy (non-hydrogen) atoms. The zero-order chi connectivity index (χ0) is 26.7. The van der Waals surface area contributed by atoms with Gasteiger partial charge < -0.3 is 14.6 Å². The lowest BCUT2D eigenvalue weighted by molar-refractivity contribution is -0.152. The van der Waals surface area contributed by atoms with Crippen LogP contribution in [0.2, 0.25) is 0 Å². The monoisotopic (exact) mass is 496 g/mol. The Morgan fingerprint density at radius 2 is 1.94 bits per heavy atom. The van der Waals surface area contributed by atoms with Gasteiger partial charge in [0.25, 0.3) is 0 Å². The quantitative estimate of drug-likeness (QED) is 0.320. The summed E-state index contributed by atoms with van der Waals surface area (Å²) in [6.45, 7) is 15.3. The van der Waals surface area contributed by atoms with Crippen LogP contribution in [0.1, 0.15) is 86.5 Å². The molecule has 0 radical (unpaired) electrons. The topological polar surface area (TPSA) is 72.8 Å². The Morgan fingerprint density at radius 1 is 1.25 bits per heavy atom. The molecule has 0 saturated heterocycles. The fourth-order valence-corrected chi connectivity index (χ4v) is 6.38. The average molecular weight is 497 g/mol. The van der Waals surface area contributed by atoms with Gasteiger partial charge in [-0.15, -0.1) is 0 Å². The van der Waals surface area contributed by atoms with E-state index < -0.39 is 11.7 Å². The highest BCUT2D eigenvalue weighted by molar-refractivity contribution is 5.67. The minimum absolute atomic E-state index is 0.148. The molecule has 0 amide bonds. The fourth-order valence-electron chi connectivity index (χ4n) is 6.38. The standard InChI is InChI=1S/C31H44O5/c1-20(10-8-16-30(5,6)34)27-14-15-28-24(11-9-17-31(27,28)7)12-13-25-18-26(35-22(3)32)19-29(21(25)2)36-23(4)33/h8,12-14,16,20,26,28-29,34H,2,9-11,15,17-19H2,1,3-7H3/b16-8+,24-12+,25-13-/t20-,26-,28+,29+,31-/m1/s1. The van der Waals surface area contributed by atoms with Crippen LogP contribution in [0, 0.1) is 17.3 Å². The minimum Gasteiger partial charge on any atom is -0.462 e. The highest BCUT2D eigenvalue weighted by atomic mass is 16.6. The fraction of sp³-hybridized carbons (Fsp3) is 0.613. The molecule has 0 aromatic carbocycles. The van der Waals surface area contributed by atoms with Crippen molar-refractivity contribution in [3.8, 4) is 0 Å². The maximum atomic E-state index is 11.6. The first-order valence-electron chi connectivity index (χ1n) is 13.3. The Balaban J connectivity index is 1.79. The molecule has 0 aromatic heterocycles. The van der Waals surface area contributed by atoms with Crippen LogP contribution in [0.25, 0.3) is 0 Å². The number of hydrogen-bond acceptors (Lipinski definition) is 5. The number of esters is 2. The van der Waals surface area contributed by atoms with Crippen molar-refractivity contribution in [1.82, 2.24) is 0 Å². The SMILES string of the molecule is C=C1/C(=C\C=C2/CCC[C@]3(C)C([C@H](C)C/C=C/C(C)(C)O)=CC[C@@H]23)C[C@@H](OC(C)=O)C[C@@H]1OC(C)=O. The van der Waals surface area contributed by atoms with Gasteiger partial charge in [-0.1, -0.05) is 62.0 Å². The number of ether oxygens (including phenoxy) is 2. The van der Waals surface area contributed by atoms with Crippen molar-refractivity contribution < 1.29 is 24.2 Å². The molecule has 0 unspecified atom stereocenters. The smallest absolute Gasteiger partial charge is 0.303 e. The van der Waals surface area contributed by atoms with E-state index in [9.17, 15) is 14.7 Å². The largest absolute Gasteiger partial charge is 0.462 e. The van der Waals surface area contributed by atoms with E-state index in [-0.39, 0.29) is 23.5 Å². The summed E-state index contributed by atoms with van der Waals surface area (Å²) in [5, 5.41) is 10.0. The van der Waals surface area contributed by atoms with Gasteiger partial charge in [-0.2, -0.15) is 0 Å². The summed E-state index contributed by atoms with van der Waals surface area (Å²) in [4.78, 5) is 23.2. The van der Waals surface area contributed by atoms with E-state index in [0.29, 0.717) is 24.7 Å². The van der Waals surface area contributed by atoms with E-state index in [2.05, 4.69) is 44.7 Å². The van der Waals surface area contributed by atoms with E-state index in [1.54, 1.807) is 13.8 Å². The Bertz CT molecular complexity index is 989. The molecule has 2 saturated carbocycles. The van der Waals surface area contributed by atoms with Crippen molar-refractivity contribution in [2.75, 3.05) is 0 Å². The lowest BCUT2D eigenvalue weighted by Gasteiger charge is -2.42. The lowest BCUT2D eigenvalue weighted by Crippen LogP contribution is -2.33. The highest BCUT2D eigenvalue weighted by Crippen LogP contribution is 2.57. The Labute approximate surface area is 217 Å². The number of hydrogen-bond donors (Lipinski definition) is 1. The lowest BCUT2D eigenvalue weighted by atomic mass is 9.62. The Kier molecular flexibility index (Phi) is 8.87. The predicted octanol–water partition coefficient (Wildman–Crippen LogP) is 6.54. The van der Waals surface area contributed by atoms with Gasteiger partial charge in [0.1, 0.15) is 12.2 Å². The summed E-state index contributed by atoms with van der Waals surface area (Å²) >= 11 is 0. The van der Waals surface area contributed by atoms with Crippen molar-refractivity contribution in [1.29, 1.82) is 0 Å². The van der Waals surface area contributed by atoms with Gasteiger partial charge in [0.2, 0.25) is 0 Å². The molecule has 0 heterocycles. The summed E-state index contributed by atoms with van der Waals surface area (Å²) in [7, 11) is 0. The van der Waals surface area contributed by atoms with Crippen molar-refractivity contribution in [3.05, 3.63) is 59.3 Å². The first-order chi connectivity index (χ1) is 16.8. The van der Waals surface area contributed by atoms with Crippen LogP contribution in [0.15, 0.2) is 59.3 Å². The maximum Gasteiger partial charge on any atom is 0.303 e. The molecular formula is C31H44O5. The van der Waals surface area contributed by atoms with Gasteiger partial charge in [-0.3, -0.25) is 9.59 Å². The second kappa shape index (κ2) is 11.3. The molecule has 5 heteroatoms. The molecule has 0 bridgehead atoms.